The average molecular weight is 297 g/mol. The SMILES string of the molecule is O=C(/C=C/c1cccs1)N1CCCC1Cc1ccccc1. The van der Waals surface area contributed by atoms with Crippen LogP contribution in [0.1, 0.15) is 23.3 Å². The number of carbonyl (C=O) groups is 1. The van der Waals surface area contributed by atoms with Gasteiger partial charge < -0.3 is 4.90 Å². The molecule has 2 nitrogen and oxygen atoms in total. The summed E-state index contributed by atoms with van der Waals surface area (Å²) in [6, 6.07) is 14.8. The molecule has 0 aliphatic carbocycles. The molecule has 0 saturated carbocycles. The first-order chi connectivity index (χ1) is 10.3. The highest BCUT2D eigenvalue weighted by molar-refractivity contribution is 7.10. The lowest BCUT2D eigenvalue weighted by Gasteiger charge is -2.23. The molecule has 1 aromatic heterocycles. The van der Waals surface area contributed by atoms with Crippen LogP contribution in [-0.4, -0.2) is 23.4 Å². The average Bonchev–Trinajstić information content (AvgIpc) is 3.17. The van der Waals surface area contributed by atoms with E-state index in [0.29, 0.717) is 6.04 Å². The molecule has 0 radical (unpaired) electrons. The summed E-state index contributed by atoms with van der Waals surface area (Å²) in [5, 5.41) is 2.03. The van der Waals surface area contributed by atoms with Crippen molar-refractivity contribution in [3.05, 3.63) is 64.4 Å². The Kier molecular flexibility index (Phi) is 4.51. The van der Waals surface area contributed by atoms with E-state index in [1.165, 1.54) is 5.56 Å². The number of thiophene rings is 1. The Labute approximate surface area is 129 Å². The van der Waals surface area contributed by atoms with Gasteiger partial charge in [0.25, 0.3) is 0 Å². The highest BCUT2D eigenvalue weighted by Gasteiger charge is 2.27. The lowest BCUT2D eigenvalue weighted by atomic mass is 10.0. The van der Waals surface area contributed by atoms with Gasteiger partial charge in [-0.2, -0.15) is 0 Å². The molecule has 1 aliphatic rings. The first-order valence-corrected chi connectivity index (χ1v) is 8.27. The number of carbonyl (C=O) groups excluding carboxylic acids is 1. The molecule has 1 unspecified atom stereocenters. The normalized spacial score (nSPS) is 18.5. The van der Waals surface area contributed by atoms with Crippen LogP contribution in [-0.2, 0) is 11.2 Å². The van der Waals surface area contributed by atoms with Gasteiger partial charge in [0, 0.05) is 23.5 Å². The van der Waals surface area contributed by atoms with Gasteiger partial charge in [-0.15, -0.1) is 11.3 Å². The van der Waals surface area contributed by atoms with Gasteiger partial charge >= 0.3 is 0 Å². The molecule has 1 saturated heterocycles. The minimum absolute atomic E-state index is 0.141. The van der Waals surface area contributed by atoms with Gasteiger partial charge in [0.1, 0.15) is 0 Å². The summed E-state index contributed by atoms with van der Waals surface area (Å²) in [7, 11) is 0. The number of nitrogens with zero attached hydrogens (tertiary/aromatic N) is 1. The van der Waals surface area contributed by atoms with Gasteiger partial charge in [0.15, 0.2) is 0 Å². The van der Waals surface area contributed by atoms with Crippen LogP contribution < -0.4 is 0 Å². The minimum atomic E-state index is 0.141. The zero-order chi connectivity index (χ0) is 14.5. The molecule has 1 atom stereocenters. The maximum atomic E-state index is 12.4. The molecule has 1 fully saturated rings. The van der Waals surface area contributed by atoms with Gasteiger partial charge in [0.05, 0.1) is 0 Å². The maximum Gasteiger partial charge on any atom is 0.246 e. The molecule has 3 heteroatoms. The molecule has 0 spiro atoms. The van der Waals surface area contributed by atoms with Crippen molar-refractivity contribution in [1.82, 2.24) is 4.90 Å². The fraction of sp³-hybridized carbons (Fsp3) is 0.278. The second-order valence-corrected chi connectivity index (χ2v) is 6.35. The van der Waals surface area contributed by atoms with E-state index in [4.69, 9.17) is 0 Å². The van der Waals surface area contributed by atoms with E-state index in [-0.39, 0.29) is 5.91 Å². The lowest BCUT2D eigenvalue weighted by Crippen LogP contribution is -2.35. The summed E-state index contributed by atoms with van der Waals surface area (Å²) in [5.41, 5.74) is 1.31. The van der Waals surface area contributed by atoms with E-state index in [2.05, 4.69) is 24.3 Å². The third-order valence-corrected chi connectivity index (χ3v) is 4.75. The van der Waals surface area contributed by atoms with Crippen molar-refractivity contribution in [2.45, 2.75) is 25.3 Å². The smallest absolute Gasteiger partial charge is 0.246 e. The van der Waals surface area contributed by atoms with E-state index in [9.17, 15) is 4.79 Å². The van der Waals surface area contributed by atoms with Crippen LogP contribution >= 0.6 is 11.3 Å². The highest BCUT2D eigenvalue weighted by atomic mass is 32.1. The van der Waals surface area contributed by atoms with Crippen LogP contribution in [0.15, 0.2) is 53.9 Å². The fourth-order valence-electron chi connectivity index (χ4n) is 2.86. The molecule has 0 bridgehead atoms. The van der Waals surface area contributed by atoms with Crippen molar-refractivity contribution < 1.29 is 4.79 Å². The second kappa shape index (κ2) is 6.72. The molecular weight excluding hydrogens is 278 g/mol. The van der Waals surface area contributed by atoms with Crippen LogP contribution in [0.5, 0.6) is 0 Å². The van der Waals surface area contributed by atoms with Crippen molar-refractivity contribution in [3.63, 3.8) is 0 Å². The lowest BCUT2D eigenvalue weighted by molar-refractivity contribution is -0.126. The Bertz CT molecular complexity index is 603. The third-order valence-electron chi connectivity index (χ3n) is 3.91. The number of amides is 1. The Balaban J connectivity index is 1.65. The van der Waals surface area contributed by atoms with E-state index in [1.807, 2.05) is 34.6 Å². The zero-order valence-corrected chi connectivity index (χ0v) is 12.8. The topological polar surface area (TPSA) is 20.3 Å². The van der Waals surface area contributed by atoms with Crippen LogP contribution in [0.25, 0.3) is 6.08 Å². The van der Waals surface area contributed by atoms with Crippen molar-refractivity contribution in [3.8, 4) is 0 Å². The van der Waals surface area contributed by atoms with Crippen LogP contribution in [0.3, 0.4) is 0 Å². The van der Waals surface area contributed by atoms with E-state index >= 15 is 0 Å². The third kappa shape index (κ3) is 3.61. The molecule has 1 amide bonds. The molecule has 2 heterocycles. The van der Waals surface area contributed by atoms with Gasteiger partial charge in [-0.1, -0.05) is 36.4 Å². The Hall–Kier alpha value is -1.87. The van der Waals surface area contributed by atoms with E-state index in [0.717, 1.165) is 30.7 Å². The quantitative estimate of drug-likeness (QED) is 0.781. The summed E-state index contributed by atoms with van der Waals surface area (Å²) < 4.78 is 0. The largest absolute Gasteiger partial charge is 0.336 e. The van der Waals surface area contributed by atoms with Crippen LogP contribution in [0, 0.1) is 0 Å². The Morgan fingerprint density at radius 2 is 2.10 bits per heavy atom. The number of hydrogen-bond donors (Lipinski definition) is 0. The standard InChI is InChI=1S/C18H19NOS/c20-18(11-10-17-9-5-13-21-17)19-12-4-8-16(19)14-15-6-2-1-3-7-15/h1-3,5-7,9-11,13,16H,4,8,12,14H2/b11-10+. The Morgan fingerprint density at radius 3 is 2.86 bits per heavy atom. The first-order valence-electron chi connectivity index (χ1n) is 7.39. The fourth-order valence-corrected chi connectivity index (χ4v) is 3.48. The van der Waals surface area contributed by atoms with Crippen molar-refractivity contribution in [2.24, 2.45) is 0 Å². The predicted molar refractivity (Wildman–Crippen MR) is 88.2 cm³/mol. The summed E-state index contributed by atoms with van der Waals surface area (Å²) in [6.45, 7) is 0.880. The van der Waals surface area contributed by atoms with Gasteiger partial charge in [-0.05, 0) is 42.3 Å². The monoisotopic (exact) mass is 297 g/mol. The van der Waals surface area contributed by atoms with Gasteiger partial charge in [0.2, 0.25) is 5.91 Å². The zero-order valence-electron chi connectivity index (χ0n) is 11.9. The van der Waals surface area contributed by atoms with Gasteiger partial charge in [-0.3, -0.25) is 4.79 Å². The van der Waals surface area contributed by atoms with Crippen LogP contribution in [0.4, 0.5) is 0 Å². The second-order valence-electron chi connectivity index (χ2n) is 5.37. The first kappa shape index (κ1) is 14.1. The summed E-state index contributed by atoms with van der Waals surface area (Å²) in [5.74, 6) is 0.141. The number of likely N-dealkylation sites (tertiary alicyclic amines) is 1. The summed E-state index contributed by atoms with van der Waals surface area (Å²) >= 11 is 1.65. The van der Waals surface area contributed by atoms with Crippen molar-refractivity contribution in [1.29, 1.82) is 0 Å². The molecule has 1 aromatic carbocycles. The van der Waals surface area contributed by atoms with Gasteiger partial charge in [-0.25, -0.2) is 0 Å². The predicted octanol–water partition coefficient (Wildman–Crippen LogP) is 4.00. The molecule has 21 heavy (non-hydrogen) atoms. The number of rotatable bonds is 4. The highest BCUT2D eigenvalue weighted by Crippen LogP contribution is 2.22. The summed E-state index contributed by atoms with van der Waals surface area (Å²) in [6.07, 6.45) is 6.81. The van der Waals surface area contributed by atoms with Crippen molar-refractivity contribution >= 4 is 23.3 Å². The number of hydrogen-bond acceptors (Lipinski definition) is 2. The molecular formula is C18H19NOS. The minimum Gasteiger partial charge on any atom is -0.336 e. The molecule has 1 aliphatic heterocycles. The Morgan fingerprint density at radius 1 is 1.24 bits per heavy atom. The summed E-state index contributed by atoms with van der Waals surface area (Å²) in [4.78, 5) is 15.5. The molecule has 3 rings (SSSR count). The number of benzene rings is 1. The van der Waals surface area contributed by atoms with Crippen LogP contribution in [0.2, 0.25) is 0 Å². The van der Waals surface area contributed by atoms with E-state index in [1.54, 1.807) is 17.4 Å². The maximum absolute atomic E-state index is 12.4. The van der Waals surface area contributed by atoms with Crippen molar-refractivity contribution in [2.75, 3.05) is 6.54 Å². The molecule has 2 aromatic rings. The molecule has 108 valence electrons. The van der Waals surface area contributed by atoms with E-state index < -0.39 is 0 Å². The molecule has 0 N–H and O–H groups in total.